The highest BCUT2D eigenvalue weighted by atomic mass is 32.2. The molecule has 6 heteroatoms. The van der Waals surface area contributed by atoms with E-state index < -0.39 is 10.0 Å². The van der Waals surface area contributed by atoms with Crippen LogP contribution in [0.15, 0.2) is 30.3 Å². The third-order valence-electron chi connectivity index (χ3n) is 5.70. The number of hydrogen-bond donors (Lipinski definition) is 0. The molecule has 0 aromatic heterocycles. The molecular weight excluding hydrogens is 360 g/mol. The van der Waals surface area contributed by atoms with Crippen molar-refractivity contribution in [1.82, 2.24) is 9.21 Å². The second-order valence-corrected chi connectivity index (χ2v) is 9.73. The number of hydrogen-bond acceptors (Lipinski definition) is 4. The van der Waals surface area contributed by atoms with Crippen LogP contribution in [0.2, 0.25) is 0 Å². The van der Waals surface area contributed by atoms with Gasteiger partial charge in [0.2, 0.25) is 10.0 Å². The van der Waals surface area contributed by atoms with Crippen molar-refractivity contribution < 1.29 is 13.2 Å². The fourth-order valence-electron chi connectivity index (χ4n) is 4.20. The maximum atomic E-state index is 13.2. The Bertz CT molecular complexity index is 637. The molecule has 1 aromatic carbocycles. The van der Waals surface area contributed by atoms with Gasteiger partial charge in [0.05, 0.1) is 5.75 Å². The van der Waals surface area contributed by atoms with Crippen molar-refractivity contribution in [3.8, 4) is 0 Å². The molecule has 0 bridgehead atoms. The number of benzene rings is 1. The van der Waals surface area contributed by atoms with Gasteiger partial charge in [-0.3, -0.25) is 0 Å². The van der Waals surface area contributed by atoms with Crippen LogP contribution in [0.3, 0.4) is 0 Å². The second-order valence-electron chi connectivity index (χ2n) is 7.81. The SMILES string of the molecule is O=S(=O)(Cc1ccccc1)N(CCCN1CCCCCC1)C1CCOCC1. The lowest BCUT2D eigenvalue weighted by Crippen LogP contribution is -2.45. The fraction of sp³-hybridized carbons (Fsp3) is 0.714. The van der Waals surface area contributed by atoms with E-state index in [2.05, 4.69) is 4.90 Å². The molecule has 0 radical (unpaired) electrons. The maximum Gasteiger partial charge on any atom is 0.218 e. The first kappa shape index (κ1) is 20.8. The van der Waals surface area contributed by atoms with Gasteiger partial charge in [-0.1, -0.05) is 43.2 Å². The van der Waals surface area contributed by atoms with Gasteiger partial charge < -0.3 is 9.64 Å². The third-order valence-corrected chi connectivity index (χ3v) is 7.59. The van der Waals surface area contributed by atoms with Crippen LogP contribution in [0.5, 0.6) is 0 Å². The Morgan fingerprint density at radius 1 is 1.00 bits per heavy atom. The van der Waals surface area contributed by atoms with Crippen LogP contribution in [0.4, 0.5) is 0 Å². The number of rotatable bonds is 8. The van der Waals surface area contributed by atoms with E-state index in [-0.39, 0.29) is 11.8 Å². The quantitative estimate of drug-likeness (QED) is 0.679. The zero-order valence-electron chi connectivity index (χ0n) is 16.4. The smallest absolute Gasteiger partial charge is 0.218 e. The highest BCUT2D eigenvalue weighted by molar-refractivity contribution is 7.88. The molecule has 2 aliphatic heterocycles. The van der Waals surface area contributed by atoms with Gasteiger partial charge in [0, 0.05) is 25.8 Å². The summed E-state index contributed by atoms with van der Waals surface area (Å²) in [6.45, 7) is 5.27. The van der Waals surface area contributed by atoms with Crippen molar-refractivity contribution in [2.75, 3.05) is 39.4 Å². The summed E-state index contributed by atoms with van der Waals surface area (Å²) < 4.78 is 33.7. The summed E-state index contributed by atoms with van der Waals surface area (Å²) >= 11 is 0. The van der Waals surface area contributed by atoms with Gasteiger partial charge >= 0.3 is 0 Å². The first-order chi connectivity index (χ1) is 13.1. The monoisotopic (exact) mass is 394 g/mol. The second kappa shape index (κ2) is 10.6. The van der Waals surface area contributed by atoms with Crippen LogP contribution in [0.1, 0.15) is 50.5 Å². The van der Waals surface area contributed by atoms with Crippen molar-refractivity contribution in [3.05, 3.63) is 35.9 Å². The van der Waals surface area contributed by atoms with Crippen molar-refractivity contribution >= 4 is 10.0 Å². The molecule has 1 aromatic rings. The minimum Gasteiger partial charge on any atom is -0.381 e. The first-order valence-electron chi connectivity index (χ1n) is 10.5. The Morgan fingerprint density at radius 2 is 1.67 bits per heavy atom. The van der Waals surface area contributed by atoms with Crippen LogP contribution < -0.4 is 0 Å². The molecule has 3 rings (SSSR count). The van der Waals surface area contributed by atoms with E-state index in [1.807, 2.05) is 30.3 Å². The highest BCUT2D eigenvalue weighted by Crippen LogP contribution is 2.22. The summed E-state index contributed by atoms with van der Waals surface area (Å²) in [5.41, 5.74) is 0.863. The van der Waals surface area contributed by atoms with Gasteiger partial charge in [-0.15, -0.1) is 0 Å². The number of ether oxygens (including phenoxy) is 1. The van der Waals surface area contributed by atoms with Gasteiger partial charge in [-0.05, 0) is 57.3 Å². The molecule has 2 saturated heterocycles. The summed E-state index contributed by atoms with van der Waals surface area (Å²) in [4.78, 5) is 2.51. The minimum absolute atomic E-state index is 0.0802. The van der Waals surface area contributed by atoms with Gasteiger partial charge in [0.1, 0.15) is 0 Å². The summed E-state index contributed by atoms with van der Waals surface area (Å²) in [7, 11) is -3.33. The van der Waals surface area contributed by atoms with Gasteiger partial charge in [-0.25, -0.2) is 8.42 Å². The van der Waals surface area contributed by atoms with Crippen LogP contribution in [0, 0.1) is 0 Å². The molecule has 0 unspecified atom stereocenters. The lowest BCUT2D eigenvalue weighted by atomic mass is 10.1. The zero-order valence-corrected chi connectivity index (χ0v) is 17.2. The van der Waals surface area contributed by atoms with E-state index in [1.165, 1.54) is 25.7 Å². The van der Waals surface area contributed by atoms with E-state index in [9.17, 15) is 8.42 Å². The average Bonchev–Trinajstić information content (AvgIpc) is 2.95. The molecule has 0 saturated carbocycles. The molecule has 0 spiro atoms. The Hall–Kier alpha value is -0.950. The Morgan fingerprint density at radius 3 is 2.33 bits per heavy atom. The largest absolute Gasteiger partial charge is 0.381 e. The lowest BCUT2D eigenvalue weighted by Gasteiger charge is -2.34. The predicted octanol–water partition coefficient (Wildman–Crippen LogP) is 3.26. The normalized spacial score (nSPS) is 20.6. The average molecular weight is 395 g/mol. The van der Waals surface area contributed by atoms with Crippen LogP contribution in [-0.4, -0.2) is 63.1 Å². The number of sulfonamides is 1. The van der Waals surface area contributed by atoms with Crippen molar-refractivity contribution in [1.29, 1.82) is 0 Å². The Labute approximate surface area is 164 Å². The van der Waals surface area contributed by atoms with E-state index in [1.54, 1.807) is 4.31 Å². The van der Waals surface area contributed by atoms with Gasteiger partial charge in [0.25, 0.3) is 0 Å². The van der Waals surface area contributed by atoms with E-state index in [0.717, 1.165) is 44.5 Å². The molecule has 5 nitrogen and oxygen atoms in total. The Kier molecular flexibility index (Phi) is 8.12. The minimum atomic E-state index is -3.33. The summed E-state index contributed by atoms with van der Waals surface area (Å²) in [6, 6.07) is 9.62. The van der Waals surface area contributed by atoms with Crippen molar-refractivity contribution in [3.63, 3.8) is 0 Å². The fourth-order valence-corrected chi connectivity index (χ4v) is 6.05. The molecule has 0 aliphatic carbocycles. The van der Waals surface area contributed by atoms with Crippen molar-refractivity contribution in [2.24, 2.45) is 0 Å². The molecule has 2 heterocycles. The molecule has 2 fully saturated rings. The standard InChI is InChI=1S/C21H34N2O3S/c24-27(25,19-20-9-4-3-5-10-20)23(21-11-17-26-18-12-21)16-8-15-22-13-6-1-2-7-14-22/h3-5,9-10,21H,1-2,6-8,11-19H2. The lowest BCUT2D eigenvalue weighted by molar-refractivity contribution is 0.0576. The Balaban J connectivity index is 1.62. The maximum absolute atomic E-state index is 13.2. The molecular formula is C21H34N2O3S. The molecule has 27 heavy (non-hydrogen) atoms. The highest BCUT2D eigenvalue weighted by Gasteiger charge is 2.31. The zero-order chi connectivity index (χ0) is 19.0. The van der Waals surface area contributed by atoms with E-state index in [4.69, 9.17) is 4.74 Å². The molecule has 2 aliphatic rings. The summed E-state index contributed by atoms with van der Waals surface area (Å²) in [5.74, 6) is 0.0922. The topological polar surface area (TPSA) is 49.9 Å². The molecule has 0 amide bonds. The van der Waals surface area contributed by atoms with E-state index >= 15 is 0 Å². The van der Waals surface area contributed by atoms with Crippen LogP contribution in [0.25, 0.3) is 0 Å². The molecule has 0 N–H and O–H groups in total. The van der Waals surface area contributed by atoms with E-state index in [0.29, 0.717) is 19.8 Å². The summed E-state index contributed by atoms with van der Waals surface area (Å²) in [5, 5.41) is 0. The molecule has 0 atom stereocenters. The van der Waals surface area contributed by atoms with Crippen LogP contribution >= 0.6 is 0 Å². The summed E-state index contributed by atoms with van der Waals surface area (Å²) in [6.07, 6.45) is 7.72. The third kappa shape index (κ3) is 6.56. The first-order valence-corrected chi connectivity index (χ1v) is 12.1. The number of nitrogens with zero attached hydrogens (tertiary/aromatic N) is 2. The predicted molar refractivity (Wildman–Crippen MR) is 109 cm³/mol. The van der Waals surface area contributed by atoms with Crippen molar-refractivity contribution in [2.45, 2.75) is 56.7 Å². The molecule has 152 valence electrons. The number of likely N-dealkylation sites (tertiary alicyclic amines) is 1. The van der Waals surface area contributed by atoms with Crippen LogP contribution in [-0.2, 0) is 20.5 Å². The van der Waals surface area contributed by atoms with Gasteiger partial charge in [-0.2, -0.15) is 4.31 Å². The van der Waals surface area contributed by atoms with Gasteiger partial charge in [0.15, 0.2) is 0 Å².